The Balaban J connectivity index is 1.60. The lowest BCUT2D eigenvalue weighted by atomic mass is 10.2. The first kappa shape index (κ1) is 20.1. The maximum Gasteiger partial charge on any atom is 0.265 e. The molecule has 3 aliphatic heterocycles. The lowest BCUT2D eigenvalue weighted by Gasteiger charge is -2.33. The van der Waals surface area contributed by atoms with Gasteiger partial charge in [0.2, 0.25) is 15.9 Å². The van der Waals surface area contributed by atoms with Crippen molar-refractivity contribution in [2.75, 3.05) is 57.4 Å². The van der Waals surface area contributed by atoms with E-state index in [-0.39, 0.29) is 29.9 Å². The average Bonchev–Trinajstić information content (AvgIpc) is 2.76. The molecule has 158 valence electrons. The molecule has 10 heteroatoms. The van der Waals surface area contributed by atoms with E-state index in [1.807, 2.05) is 0 Å². The van der Waals surface area contributed by atoms with Crippen LogP contribution in [-0.4, -0.2) is 82.0 Å². The summed E-state index contributed by atoms with van der Waals surface area (Å²) in [5.41, 5.74) is 0.320. The number of rotatable bonds is 4. The van der Waals surface area contributed by atoms with Crippen molar-refractivity contribution >= 4 is 27.5 Å². The molecule has 0 unspecified atom stereocenters. The predicted molar refractivity (Wildman–Crippen MR) is 104 cm³/mol. The standard InChI is InChI=1S/C19H25N3O6S/c23-18(20-8-10-27-11-9-20)13-22-16-12-15(4-5-17(16)28-14-19(22)24)29(25,26)21-6-2-1-3-7-21/h4-5,12H,1-3,6-11,13-14H2. The van der Waals surface area contributed by atoms with Gasteiger partial charge in [0.1, 0.15) is 12.3 Å². The minimum atomic E-state index is -3.66. The van der Waals surface area contributed by atoms with Gasteiger partial charge in [0.15, 0.2) is 6.61 Å². The molecule has 0 saturated carbocycles. The second-order valence-corrected chi connectivity index (χ2v) is 9.29. The second kappa shape index (κ2) is 8.29. The number of amides is 2. The van der Waals surface area contributed by atoms with Crippen LogP contribution in [0.3, 0.4) is 0 Å². The van der Waals surface area contributed by atoms with Gasteiger partial charge in [-0.2, -0.15) is 4.31 Å². The van der Waals surface area contributed by atoms with Crippen molar-refractivity contribution in [3.63, 3.8) is 0 Å². The molecule has 0 N–H and O–H groups in total. The van der Waals surface area contributed by atoms with Crippen LogP contribution in [0.25, 0.3) is 0 Å². The Bertz CT molecular complexity index is 891. The first-order valence-electron chi connectivity index (χ1n) is 9.90. The molecular weight excluding hydrogens is 398 g/mol. The van der Waals surface area contributed by atoms with Gasteiger partial charge in [-0.05, 0) is 31.0 Å². The summed E-state index contributed by atoms with van der Waals surface area (Å²) in [4.78, 5) is 28.2. The minimum Gasteiger partial charge on any atom is -0.482 e. The van der Waals surface area contributed by atoms with Crippen molar-refractivity contribution in [3.05, 3.63) is 18.2 Å². The lowest BCUT2D eigenvalue weighted by Crippen LogP contribution is -2.49. The number of carbonyl (C=O) groups is 2. The van der Waals surface area contributed by atoms with Crippen LogP contribution in [0.15, 0.2) is 23.1 Å². The summed E-state index contributed by atoms with van der Waals surface area (Å²) >= 11 is 0. The molecule has 0 aromatic heterocycles. The monoisotopic (exact) mass is 423 g/mol. The Morgan fingerprint density at radius 2 is 1.76 bits per heavy atom. The molecule has 2 amide bonds. The second-order valence-electron chi connectivity index (χ2n) is 7.36. The Morgan fingerprint density at radius 3 is 2.48 bits per heavy atom. The van der Waals surface area contributed by atoms with Gasteiger partial charge in [0.05, 0.1) is 23.8 Å². The Hall–Kier alpha value is -2.17. The van der Waals surface area contributed by atoms with Gasteiger partial charge >= 0.3 is 0 Å². The van der Waals surface area contributed by atoms with Crippen LogP contribution in [0.4, 0.5) is 5.69 Å². The zero-order chi connectivity index (χ0) is 20.4. The number of morpholine rings is 1. The van der Waals surface area contributed by atoms with Crippen molar-refractivity contribution in [2.45, 2.75) is 24.2 Å². The van der Waals surface area contributed by atoms with Crippen molar-refractivity contribution in [1.82, 2.24) is 9.21 Å². The molecule has 3 heterocycles. The molecule has 29 heavy (non-hydrogen) atoms. The van der Waals surface area contributed by atoms with E-state index in [9.17, 15) is 18.0 Å². The quantitative estimate of drug-likeness (QED) is 0.698. The Labute approximate surface area is 170 Å². The third kappa shape index (κ3) is 4.10. The van der Waals surface area contributed by atoms with Gasteiger partial charge < -0.3 is 14.4 Å². The van der Waals surface area contributed by atoms with Crippen LogP contribution in [0.5, 0.6) is 5.75 Å². The van der Waals surface area contributed by atoms with Crippen molar-refractivity contribution in [3.8, 4) is 5.75 Å². The number of carbonyl (C=O) groups excluding carboxylic acids is 2. The van der Waals surface area contributed by atoms with E-state index in [1.54, 1.807) is 11.0 Å². The number of hydrogen-bond donors (Lipinski definition) is 0. The minimum absolute atomic E-state index is 0.111. The van der Waals surface area contributed by atoms with Gasteiger partial charge in [-0.15, -0.1) is 0 Å². The first-order chi connectivity index (χ1) is 14.0. The molecule has 1 aromatic carbocycles. The highest BCUT2D eigenvalue weighted by atomic mass is 32.2. The van der Waals surface area contributed by atoms with Gasteiger partial charge in [0.25, 0.3) is 5.91 Å². The topological polar surface area (TPSA) is 96.5 Å². The van der Waals surface area contributed by atoms with Crippen molar-refractivity contribution in [1.29, 1.82) is 0 Å². The predicted octanol–water partition coefficient (Wildman–Crippen LogP) is 0.445. The highest BCUT2D eigenvalue weighted by Crippen LogP contribution is 2.35. The Morgan fingerprint density at radius 1 is 1.03 bits per heavy atom. The average molecular weight is 423 g/mol. The number of fused-ring (bicyclic) bond motifs is 1. The zero-order valence-electron chi connectivity index (χ0n) is 16.2. The van der Waals surface area contributed by atoms with E-state index in [0.717, 1.165) is 19.3 Å². The maximum atomic E-state index is 13.0. The molecule has 1 aromatic rings. The number of anilines is 1. The van der Waals surface area contributed by atoms with Crippen LogP contribution in [0.2, 0.25) is 0 Å². The van der Waals surface area contributed by atoms with Crippen LogP contribution >= 0.6 is 0 Å². The van der Waals surface area contributed by atoms with E-state index in [0.29, 0.717) is 50.8 Å². The summed E-state index contributed by atoms with van der Waals surface area (Å²) in [6.07, 6.45) is 2.70. The molecule has 4 rings (SSSR count). The van der Waals surface area contributed by atoms with E-state index < -0.39 is 10.0 Å². The highest BCUT2D eigenvalue weighted by Gasteiger charge is 2.32. The van der Waals surface area contributed by atoms with Crippen LogP contribution in [0, 0.1) is 0 Å². The number of hydrogen-bond acceptors (Lipinski definition) is 6. The smallest absolute Gasteiger partial charge is 0.265 e. The summed E-state index contributed by atoms with van der Waals surface area (Å²) in [5, 5.41) is 0. The molecule has 0 bridgehead atoms. The zero-order valence-corrected chi connectivity index (χ0v) is 17.0. The van der Waals surface area contributed by atoms with E-state index in [4.69, 9.17) is 9.47 Å². The lowest BCUT2D eigenvalue weighted by molar-refractivity contribution is -0.135. The summed E-state index contributed by atoms with van der Waals surface area (Å²) in [7, 11) is -3.66. The molecule has 2 saturated heterocycles. The van der Waals surface area contributed by atoms with Crippen molar-refractivity contribution in [2.24, 2.45) is 0 Å². The molecular formula is C19H25N3O6S. The normalized spacial score (nSPS) is 20.9. The van der Waals surface area contributed by atoms with Crippen LogP contribution in [0.1, 0.15) is 19.3 Å². The SMILES string of the molecule is O=C(CN1C(=O)COc2ccc(S(=O)(=O)N3CCCCC3)cc21)N1CCOCC1. The van der Waals surface area contributed by atoms with E-state index in [2.05, 4.69) is 0 Å². The van der Waals surface area contributed by atoms with Gasteiger partial charge in [0, 0.05) is 26.2 Å². The van der Waals surface area contributed by atoms with Gasteiger partial charge in [-0.25, -0.2) is 8.42 Å². The number of piperidine rings is 1. The number of sulfonamides is 1. The van der Waals surface area contributed by atoms with Gasteiger partial charge in [-0.1, -0.05) is 6.42 Å². The summed E-state index contributed by atoms with van der Waals surface area (Å²) < 4.78 is 38.2. The largest absolute Gasteiger partial charge is 0.482 e. The van der Waals surface area contributed by atoms with Crippen LogP contribution in [-0.2, 0) is 24.3 Å². The van der Waals surface area contributed by atoms with Gasteiger partial charge in [-0.3, -0.25) is 14.5 Å². The maximum absolute atomic E-state index is 13.0. The molecule has 3 aliphatic rings. The molecule has 9 nitrogen and oxygen atoms in total. The molecule has 0 atom stereocenters. The number of nitrogens with zero attached hydrogens (tertiary/aromatic N) is 3. The third-order valence-electron chi connectivity index (χ3n) is 5.48. The van der Waals surface area contributed by atoms with E-state index in [1.165, 1.54) is 21.3 Å². The third-order valence-corrected chi connectivity index (χ3v) is 7.38. The fourth-order valence-electron chi connectivity index (χ4n) is 3.82. The molecule has 2 fully saturated rings. The molecule has 0 radical (unpaired) electrons. The van der Waals surface area contributed by atoms with Crippen LogP contribution < -0.4 is 9.64 Å². The fourth-order valence-corrected chi connectivity index (χ4v) is 5.36. The fraction of sp³-hybridized carbons (Fsp3) is 0.579. The number of ether oxygens (including phenoxy) is 2. The molecule has 0 aliphatic carbocycles. The Kier molecular flexibility index (Phi) is 5.75. The summed E-state index contributed by atoms with van der Waals surface area (Å²) in [6.45, 7) is 2.56. The summed E-state index contributed by atoms with van der Waals surface area (Å²) in [5.74, 6) is -0.164. The van der Waals surface area contributed by atoms with Crippen molar-refractivity contribution < 1.29 is 27.5 Å². The first-order valence-corrected chi connectivity index (χ1v) is 11.3. The summed E-state index contributed by atoms with van der Waals surface area (Å²) in [6, 6.07) is 4.51. The highest BCUT2D eigenvalue weighted by molar-refractivity contribution is 7.89. The number of benzene rings is 1. The van der Waals surface area contributed by atoms with E-state index >= 15 is 0 Å². The molecule has 0 spiro atoms.